The second kappa shape index (κ2) is 5.48. The van der Waals surface area contributed by atoms with Crippen LogP contribution in [0.2, 0.25) is 10.0 Å². The molecule has 0 saturated carbocycles. The van der Waals surface area contributed by atoms with E-state index in [-0.39, 0.29) is 0 Å². The molecule has 4 rings (SSSR count). The molecule has 6 N–H and O–H groups in total. The van der Waals surface area contributed by atoms with E-state index in [4.69, 9.17) is 33.7 Å². The Morgan fingerprint density at radius 1 is 1.25 bits per heavy atom. The van der Waals surface area contributed by atoms with Crippen molar-refractivity contribution in [1.29, 1.82) is 0 Å². The van der Waals surface area contributed by atoms with Crippen molar-refractivity contribution < 1.29 is 20.1 Å². The molecule has 1 aliphatic rings. The molecule has 128 valence electrons. The molecule has 2 aromatic heterocycles. The summed E-state index contributed by atoms with van der Waals surface area (Å²) < 4.78 is 7.20. The number of rotatable bonds is 2. The molecule has 1 aliphatic heterocycles. The lowest BCUT2D eigenvalue weighted by Gasteiger charge is -2.18. The van der Waals surface area contributed by atoms with E-state index in [0.29, 0.717) is 37.8 Å². The van der Waals surface area contributed by atoms with Crippen molar-refractivity contribution in [2.45, 2.75) is 24.5 Å². The van der Waals surface area contributed by atoms with Gasteiger partial charge in [0, 0.05) is 5.39 Å². The number of benzene rings is 1. The molecular weight excluding hydrogens is 359 g/mol. The summed E-state index contributed by atoms with van der Waals surface area (Å²) in [7, 11) is 0. The molecule has 10 heteroatoms. The van der Waals surface area contributed by atoms with E-state index in [1.165, 1.54) is 0 Å². The predicted molar refractivity (Wildman–Crippen MR) is 89.0 cm³/mol. The molecule has 8 nitrogen and oxygen atoms in total. The lowest BCUT2D eigenvalue weighted by atomic mass is 10.1. The minimum absolute atomic E-state index is 0.319. The molecule has 1 aromatic carbocycles. The van der Waals surface area contributed by atoms with Gasteiger partial charge in [0.25, 0.3) is 0 Å². The molecule has 0 bridgehead atoms. The van der Waals surface area contributed by atoms with E-state index in [2.05, 4.69) is 10.2 Å². The Morgan fingerprint density at radius 2 is 1.96 bits per heavy atom. The summed E-state index contributed by atoms with van der Waals surface area (Å²) in [4.78, 5) is 0. The summed E-state index contributed by atoms with van der Waals surface area (Å²) >= 11 is 12.2. The van der Waals surface area contributed by atoms with Crippen LogP contribution in [0.3, 0.4) is 0 Å². The summed E-state index contributed by atoms with van der Waals surface area (Å²) in [5.74, 6) is 0.332. The Bertz CT molecular complexity index is 940. The van der Waals surface area contributed by atoms with Crippen molar-refractivity contribution in [2.75, 3.05) is 12.3 Å². The number of aromatic nitrogens is 3. The van der Waals surface area contributed by atoms with Crippen LogP contribution < -0.4 is 5.73 Å². The molecule has 1 saturated heterocycles. The highest BCUT2D eigenvalue weighted by Gasteiger charge is 2.44. The van der Waals surface area contributed by atoms with Gasteiger partial charge in [-0.1, -0.05) is 23.2 Å². The standard InChI is InChI=1S/C14H14Cl2N4O4/c15-5-1-4-7(2-6(5)16)20(13-9(4)12(17)18-19-13)14-11(23)10(22)8(3-21)24-14/h1-2,8,10-11,14,21-23H,3H2,(H3,17,18,19)/t8-,10?,11?,14-/m1/s1. The van der Waals surface area contributed by atoms with Crippen LogP contribution in [0.5, 0.6) is 0 Å². The first-order valence-electron chi connectivity index (χ1n) is 7.19. The largest absolute Gasteiger partial charge is 0.394 e. The van der Waals surface area contributed by atoms with Crippen LogP contribution in [0.1, 0.15) is 6.23 Å². The van der Waals surface area contributed by atoms with Gasteiger partial charge in [0.05, 0.1) is 27.6 Å². The Balaban J connectivity index is 2.02. The summed E-state index contributed by atoms with van der Waals surface area (Å²) in [6, 6.07) is 3.28. The lowest BCUT2D eigenvalue weighted by Crippen LogP contribution is -2.33. The van der Waals surface area contributed by atoms with Gasteiger partial charge in [-0.2, -0.15) is 5.10 Å². The van der Waals surface area contributed by atoms with Crippen molar-refractivity contribution in [2.24, 2.45) is 0 Å². The first kappa shape index (κ1) is 15.9. The molecule has 0 amide bonds. The number of nitrogen functional groups attached to an aromatic ring is 1. The average Bonchev–Trinajstić information content (AvgIpc) is 3.16. The number of nitrogens with one attached hydrogen (secondary N) is 1. The normalized spacial score (nSPS) is 27.5. The fraction of sp³-hybridized carbons (Fsp3) is 0.357. The minimum atomic E-state index is -1.26. The van der Waals surface area contributed by atoms with Crippen molar-refractivity contribution in [3.63, 3.8) is 0 Å². The first-order chi connectivity index (χ1) is 11.4. The maximum atomic E-state index is 10.3. The van der Waals surface area contributed by atoms with Crippen LogP contribution in [0.4, 0.5) is 5.82 Å². The van der Waals surface area contributed by atoms with Gasteiger partial charge in [0.2, 0.25) is 0 Å². The number of halogens is 2. The summed E-state index contributed by atoms with van der Waals surface area (Å²) in [5, 5.41) is 38.5. The zero-order valence-electron chi connectivity index (χ0n) is 12.1. The van der Waals surface area contributed by atoms with Crippen LogP contribution in [0.15, 0.2) is 12.1 Å². The van der Waals surface area contributed by atoms with Crippen LogP contribution in [0.25, 0.3) is 21.9 Å². The van der Waals surface area contributed by atoms with Crippen LogP contribution in [-0.4, -0.2) is 55.0 Å². The van der Waals surface area contributed by atoms with Gasteiger partial charge in [-0.25, -0.2) is 0 Å². The molecule has 0 radical (unpaired) electrons. The SMILES string of the molecule is Nc1[nH]nc2c1c1cc(Cl)c(Cl)cc1n2[C@@H]1O[C@H](CO)C(O)C1O. The van der Waals surface area contributed by atoms with E-state index < -0.39 is 31.1 Å². The van der Waals surface area contributed by atoms with Gasteiger partial charge >= 0.3 is 0 Å². The van der Waals surface area contributed by atoms with Gasteiger partial charge in [0.1, 0.15) is 24.1 Å². The second-order valence-corrected chi connectivity index (χ2v) is 6.53. The number of nitrogens with zero attached hydrogens (tertiary/aromatic N) is 2. The number of aliphatic hydroxyl groups is 3. The van der Waals surface area contributed by atoms with Gasteiger partial charge < -0.3 is 25.8 Å². The predicted octanol–water partition coefficient (Wildman–Crippen LogP) is 1.02. The average molecular weight is 373 g/mol. The number of ether oxygens (including phenoxy) is 1. The molecule has 1 fully saturated rings. The number of hydrogen-bond donors (Lipinski definition) is 5. The van der Waals surface area contributed by atoms with E-state index in [9.17, 15) is 15.3 Å². The number of H-pyrrole nitrogens is 1. The number of hydrogen-bond acceptors (Lipinski definition) is 6. The fourth-order valence-corrected chi connectivity index (χ4v) is 3.51. The highest BCUT2D eigenvalue weighted by molar-refractivity contribution is 6.43. The molecule has 24 heavy (non-hydrogen) atoms. The summed E-state index contributed by atoms with van der Waals surface area (Å²) in [5.41, 5.74) is 6.98. The zero-order valence-corrected chi connectivity index (χ0v) is 13.7. The summed E-state index contributed by atoms with van der Waals surface area (Å²) in [6.07, 6.45) is -4.35. The number of anilines is 1. The number of aliphatic hydroxyl groups excluding tert-OH is 3. The van der Waals surface area contributed by atoms with Crippen LogP contribution >= 0.6 is 23.2 Å². The highest BCUT2D eigenvalue weighted by Crippen LogP contribution is 2.41. The second-order valence-electron chi connectivity index (χ2n) is 5.72. The molecule has 3 heterocycles. The third-order valence-corrected chi connectivity index (χ3v) is 5.06. The Labute approximate surface area is 145 Å². The van der Waals surface area contributed by atoms with E-state index in [0.717, 1.165) is 0 Å². The fourth-order valence-electron chi connectivity index (χ4n) is 3.19. The lowest BCUT2D eigenvalue weighted by molar-refractivity contribution is -0.0490. The molecule has 3 aromatic rings. The van der Waals surface area contributed by atoms with E-state index >= 15 is 0 Å². The maximum Gasteiger partial charge on any atom is 0.167 e. The number of nitrogens with two attached hydrogens (primary N) is 1. The maximum absolute atomic E-state index is 10.3. The van der Waals surface area contributed by atoms with Crippen molar-refractivity contribution in [1.82, 2.24) is 14.8 Å². The monoisotopic (exact) mass is 372 g/mol. The molecule has 2 unspecified atom stereocenters. The van der Waals surface area contributed by atoms with E-state index in [1.807, 2.05) is 0 Å². The smallest absolute Gasteiger partial charge is 0.167 e. The van der Waals surface area contributed by atoms with Crippen LogP contribution in [-0.2, 0) is 4.74 Å². The van der Waals surface area contributed by atoms with Gasteiger partial charge in [-0.05, 0) is 12.1 Å². The summed E-state index contributed by atoms with van der Waals surface area (Å²) in [6.45, 7) is -0.424. The zero-order chi connectivity index (χ0) is 17.2. The van der Waals surface area contributed by atoms with Crippen molar-refractivity contribution in [3.8, 4) is 0 Å². The number of fused-ring (bicyclic) bond motifs is 3. The minimum Gasteiger partial charge on any atom is -0.394 e. The first-order valence-corrected chi connectivity index (χ1v) is 7.94. The Morgan fingerprint density at radius 3 is 2.62 bits per heavy atom. The van der Waals surface area contributed by atoms with E-state index in [1.54, 1.807) is 16.7 Å². The van der Waals surface area contributed by atoms with Gasteiger partial charge in [-0.15, -0.1) is 0 Å². The molecular formula is C14H14Cl2N4O4. The highest BCUT2D eigenvalue weighted by atomic mass is 35.5. The molecule has 4 atom stereocenters. The quantitative estimate of drug-likeness (QED) is 0.456. The van der Waals surface area contributed by atoms with Crippen molar-refractivity contribution >= 4 is 51.0 Å². The third kappa shape index (κ3) is 2.05. The number of aromatic amines is 1. The molecule has 0 aliphatic carbocycles. The Hall–Kier alpha value is -1.55. The van der Waals surface area contributed by atoms with Gasteiger partial charge in [-0.3, -0.25) is 9.67 Å². The third-order valence-electron chi connectivity index (χ3n) is 4.34. The molecule has 0 spiro atoms. The topological polar surface area (TPSA) is 130 Å². The van der Waals surface area contributed by atoms with Crippen LogP contribution in [0, 0.1) is 0 Å². The Kier molecular flexibility index (Phi) is 3.64. The van der Waals surface area contributed by atoms with Crippen molar-refractivity contribution in [3.05, 3.63) is 22.2 Å². The van der Waals surface area contributed by atoms with Gasteiger partial charge in [0.15, 0.2) is 11.9 Å².